The van der Waals surface area contributed by atoms with Crippen LogP contribution in [0, 0.1) is 0 Å². The smallest absolute Gasteiger partial charge is 0.306 e. The Morgan fingerprint density at radius 2 is 0.628 bits per heavy atom. The highest BCUT2D eigenvalue weighted by Crippen LogP contribution is 2.38. The van der Waals surface area contributed by atoms with Crippen molar-refractivity contribution in [1.82, 2.24) is 0 Å². The van der Waals surface area contributed by atoms with Crippen molar-refractivity contribution < 1.29 is 42.1 Å². The number of hydrogen-bond donors (Lipinski definition) is 0. The second-order valence-corrected chi connectivity index (χ2v) is 23.1. The Hall–Kier alpha value is -5.67. The van der Waals surface area contributed by atoms with E-state index in [1.54, 1.807) is 0 Å². The van der Waals surface area contributed by atoms with Gasteiger partial charge in [0.1, 0.15) is 19.8 Å². The lowest BCUT2D eigenvalue weighted by Crippen LogP contribution is -2.37. The number of allylic oxidation sites excluding steroid dienone is 36. The zero-order chi connectivity index (χ0) is 62.6. The molecule has 478 valence electrons. The number of hydrogen-bond acceptors (Lipinski definition) is 8. The van der Waals surface area contributed by atoms with Gasteiger partial charge in [-0.2, -0.15) is 0 Å². The number of carbonyl (C=O) groups is 2. The molecule has 0 amide bonds. The van der Waals surface area contributed by atoms with Crippen molar-refractivity contribution in [3.8, 4) is 0 Å². The van der Waals surface area contributed by atoms with Crippen LogP contribution in [0.2, 0.25) is 0 Å². The van der Waals surface area contributed by atoms with E-state index in [1.807, 2.05) is 21.1 Å². The van der Waals surface area contributed by atoms with Gasteiger partial charge in [0.25, 0.3) is 7.82 Å². The summed E-state index contributed by atoms with van der Waals surface area (Å²) in [6.07, 6.45) is 103. The normalized spacial score (nSPS) is 14.6. The molecule has 0 fully saturated rings. The second kappa shape index (κ2) is 63.8. The van der Waals surface area contributed by atoms with E-state index in [1.165, 1.54) is 0 Å². The first-order chi connectivity index (χ1) is 42.0. The van der Waals surface area contributed by atoms with Crippen molar-refractivity contribution in [3.05, 3.63) is 219 Å². The van der Waals surface area contributed by atoms with Crippen LogP contribution in [0.15, 0.2) is 219 Å². The molecule has 9 nitrogen and oxygen atoms in total. The molecule has 0 aromatic heterocycles. The fourth-order valence-electron chi connectivity index (χ4n) is 7.58. The number of nitrogens with zero attached hydrogens (tertiary/aromatic N) is 1. The molecule has 0 aliphatic carbocycles. The van der Waals surface area contributed by atoms with Gasteiger partial charge in [-0.15, -0.1) is 0 Å². The van der Waals surface area contributed by atoms with Crippen molar-refractivity contribution in [3.63, 3.8) is 0 Å². The van der Waals surface area contributed by atoms with E-state index in [2.05, 4.69) is 233 Å². The maximum Gasteiger partial charge on any atom is 0.306 e. The lowest BCUT2D eigenvalue weighted by molar-refractivity contribution is -0.870. The van der Waals surface area contributed by atoms with Crippen molar-refractivity contribution in [2.75, 3.05) is 47.5 Å². The second-order valence-electron chi connectivity index (χ2n) is 21.7. The van der Waals surface area contributed by atoms with E-state index >= 15 is 0 Å². The van der Waals surface area contributed by atoms with Gasteiger partial charge >= 0.3 is 11.9 Å². The van der Waals surface area contributed by atoms with E-state index in [9.17, 15) is 19.0 Å². The summed E-state index contributed by atoms with van der Waals surface area (Å²) >= 11 is 0. The minimum absolute atomic E-state index is 0.0574. The Balaban J connectivity index is 4.34. The standard InChI is InChI=1S/C76H116NO8P/c1-6-8-10-12-14-16-18-20-22-24-26-28-30-32-34-35-36-37-38-39-40-41-43-45-47-49-51-53-55-57-59-61-63-65-67-69-76(79)85-74(73-84-86(80,81)83-71-70-77(3,4)5)72-82-75(78)68-66-64-62-60-58-56-54-52-50-48-46-44-42-33-31-29-27-25-23-21-19-17-15-13-11-9-7-2/h8-11,14-17,20-23,26-29,32-34,36-37,39-40,42-43,45-46,48-49,51-52,54-55,57-58,60,74H,6-7,12-13,18-19,24-25,30-31,35,38,41,44,47,50,53,56,59,61-73H2,1-5H3/b10-8-,11-9-,16-14-,17-15-,22-20-,23-21-,28-26-,29-27-,34-32-,37-36-,40-39-,42-33-,45-43-,48-46-,51-49-,54-52-,57-55-,60-58-. The zero-order valence-electron chi connectivity index (χ0n) is 54.1. The molecule has 0 bridgehead atoms. The Labute approximate surface area is 525 Å². The molecule has 2 atom stereocenters. The van der Waals surface area contributed by atoms with Crippen LogP contribution in [0.1, 0.15) is 194 Å². The van der Waals surface area contributed by atoms with E-state index in [0.717, 1.165) is 154 Å². The predicted molar refractivity (Wildman–Crippen MR) is 368 cm³/mol. The van der Waals surface area contributed by atoms with Gasteiger partial charge in [-0.1, -0.05) is 245 Å². The number of likely N-dealkylation sites (N-methyl/N-ethyl adjacent to an activating group) is 1. The lowest BCUT2D eigenvalue weighted by atomic mass is 10.1. The summed E-state index contributed by atoms with van der Waals surface area (Å²) in [5.41, 5.74) is 0. The van der Waals surface area contributed by atoms with Gasteiger partial charge in [0.15, 0.2) is 6.10 Å². The molecule has 0 heterocycles. The Kier molecular flexibility index (Phi) is 59.6. The minimum atomic E-state index is -4.68. The Morgan fingerprint density at radius 3 is 0.942 bits per heavy atom. The summed E-state index contributed by atoms with van der Waals surface area (Å²) in [6, 6.07) is 0. The average Bonchev–Trinajstić information content (AvgIpc) is 3.56. The van der Waals surface area contributed by atoms with Gasteiger partial charge in [-0.3, -0.25) is 14.2 Å². The number of esters is 2. The van der Waals surface area contributed by atoms with Crippen molar-refractivity contribution in [1.29, 1.82) is 0 Å². The van der Waals surface area contributed by atoms with Crippen LogP contribution in [0.5, 0.6) is 0 Å². The molecule has 0 saturated carbocycles. The van der Waals surface area contributed by atoms with Crippen LogP contribution in [0.3, 0.4) is 0 Å². The summed E-state index contributed by atoms with van der Waals surface area (Å²) in [5.74, 6) is -0.936. The number of phosphoric ester groups is 1. The molecule has 86 heavy (non-hydrogen) atoms. The highest BCUT2D eigenvalue weighted by molar-refractivity contribution is 7.45. The molecule has 0 saturated heterocycles. The predicted octanol–water partition coefficient (Wildman–Crippen LogP) is 20.6. The molecular weight excluding hydrogens is 1090 g/mol. The zero-order valence-corrected chi connectivity index (χ0v) is 55.0. The van der Waals surface area contributed by atoms with E-state index in [0.29, 0.717) is 23.9 Å². The average molecular weight is 1200 g/mol. The Morgan fingerprint density at radius 1 is 0.360 bits per heavy atom. The summed E-state index contributed by atoms with van der Waals surface area (Å²) in [5, 5.41) is 0. The molecule has 0 spiro atoms. The molecule has 0 radical (unpaired) electrons. The first-order valence-electron chi connectivity index (χ1n) is 32.4. The van der Waals surface area contributed by atoms with Crippen LogP contribution in [-0.4, -0.2) is 70.0 Å². The van der Waals surface area contributed by atoms with Gasteiger partial charge in [-0.05, 0) is 154 Å². The van der Waals surface area contributed by atoms with Gasteiger partial charge in [0.2, 0.25) is 0 Å². The molecule has 10 heteroatoms. The molecule has 0 N–H and O–H groups in total. The minimum Gasteiger partial charge on any atom is -0.756 e. The van der Waals surface area contributed by atoms with Crippen LogP contribution in [0.4, 0.5) is 0 Å². The van der Waals surface area contributed by atoms with Gasteiger partial charge in [0, 0.05) is 12.8 Å². The van der Waals surface area contributed by atoms with E-state index < -0.39 is 32.5 Å². The molecule has 0 aliphatic rings. The largest absolute Gasteiger partial charge is 0.756 e. The molecular formula is C76H116NO8P. The van der Waals surface area contributed by atoms with Crippen LogP contribution in [0.25, 0.3) is 0 Å². The topological polar surface area (TPSA) is 111 Å². The van der Waals surface area contributed by atoms with Crippen LogP contribution >= 0.6 is 7.82 Å². The third-order valence-corrected chi connectivity index (χ3v) is 13.5. The number of ether oxygens (including phenoxy) is 2. The van der Waals surface area contributed by atoms with Crippen molar-refractivity contribution in [2.45, 2.75) is 200 Å². The highest BCUT2D eigenvalue weighted by Gasteiger charge is 2.21. The maximum absolute atomic E-state index is 12.8. The monoisotopic (exact) mass is 1200 g/mol. The fourth-order valence-corrected chi connectivity index (χ4v) is 8.31. The summed E-state index contributed by atoms with van der Waals surface area (Å²) < 4.78 is 34.1. The van der Waals surface area contributed by atoms with Crippen molar-refractivity contribution in [2.24, 2.45) is 0 Å². The number of phosphoric acid groups is 1. The number of carbonyl (C=O) groups excluding carboxylic acids is 2. The van der Waals surface area contributed by atoms with E-state index in [4.69, 9.17) is 18.5 Å². The molecule has 0 aromatic rings. The number of unbranched alkanes of at least 4 members (excludes halogenated alkanes) is 6. The quantitative estimate of drug-likeness (QED) is 0.0195. The summed E-state index contributed by atoms with van der Waals surface area (Å²) in [4.78, 5) is 38.0. The third-order valence-electron chi connectivity index (χ3n) is 12.5. The number of rotatable bonds is 56. The summed E-state index contributed by atoms with van der Waals surface area (Å²) in [7, 11) is 1.08. The fraction of sp³-hybridized carbons (Fsp3) is 0.500. The van der Waals surface area contributed by atoms with Crippen molar-refractivity contribution >= 4 is 19.8 Å². The van der Waals surface area contributed by atoms with Crippen LogP contribution < -0.4 is 4.89 Å². The maximum atomic E-state index is 12.8. The SMILES string of the molecule is CC/C=C\C/C=C\C/C=C\C/C=C\C/C=C\C/C=C\C/C=C\C/C=C\C/C=C\C/C=C\CCCCCCC(=O)OC(COC(=O)CCCC/C=C\C/C=C\C/C=C\C/C=C\C/C=C\C/C=C\C/C=C\C/C=C\CC)COP(=O)([O-])OCC[N+](C)(C)C. The first-order valence-corrected chi connectivity index (χ1v) is 33.9. The molecule has 0 rings (SSSR count). The molecule has 2 unspecified atom stereocenters. The first kappa shape index (κ1) is 80.3. The van der Waals surface area contributed by atoms with Gasteiger partial charge < -0.3 is 27.9 Å². The highest BCUT2D eigenvalue weighted by atomic mass is 31.2. The summed E-state index contributed by atoms with van der Waals surface area (Å²) in [6.45, 7) is 3.88. The van der Waals surface area contributed by atoms with E-state index in [-0.39, 0.29) is 26.1 Å². The van der Waals surface area contributed by atoms with Crippen LogP contribution in [-0.2, 0) is 32.7 Å². The molecule has 0 aliphatic heterocycles. The lowest BCUT2D eigenvalue weighted by Gasteiger charge is -2.28. The third kappa shape index (κ3) is 67.5. The molecule has 0 aromatic carbocycles. The number of quaternary nitrogens is 1. The van der Waals surface area contributed by atoms with Gasteiger partial charge in [-0.25, -0.2) is 0 Å². The Bertz CT molecular complexity index is 2250. The van der Waals surface area contributed by atoms with Gasteiger partial charge in [0.05, 0.1) is 27.7 Å².